The van der Waals surface area contributed by atoms with Crippen molar-refractivity contribution in [2.75, 3.05) is 0 Å². The van der Waals surface area contributed by atoms with E-state index in [0.29, 0.717) is 7.25 Å². The minimum absolute atomic E-state index is 0. The van der Waals surface area contributed by atoms with E-state index in [4.69, 9.17) is 0 Å². The first-order valence-corrected chi connectivity index (χ1v) is 19.5. The molecule has 0 spiro atoms. The largest absolute Gasteiger partial charge is 1.00 e. The Bertz CT molecular complexity index is 1900. The van der Waals surface area contributed by atoms with Crippen LogP contribution in [-0.2, 0) is 21.3 Å². The van der Waals surface area contributed by atoms with Gasteiger partial charge in [0, 0.05) is 0 Å². The molecule has 2 unspecified atom stereocenters. The molecule has 0 radical (unpaired) electrons. The summed E-state index contributed by atoms with van der Waals surface area (Å²) in [5.41, 5.74) is 14.1. The second kappa shape index (κ2) is 14.3. The Labute approximate surface area is 292 Å². The van der Waals surface area contributed by atoms with Gasteiger partial charge in [0.1, 0.15) is 0 Å². The Balaban J connectivity index is 0.00000186. The molecule has 0 amide bonds. The van der Waals surface area contributed by atoms with Crippen LogP contribution < -0.4 is 24.8 Å². The van der Waals surface area contributed by atoms with Gasteiger partial charge in [-0.1, -0.05) is 0 Å². The zero-order valence-corrected chi connectivity index (χ0v) is 29.2. The molecular formula is C43H32Cl2Zr. The van der Waals surface area contributed by atoms with Crippen LogP contribution in [0.2, 0.25) is 0 Å². The average molecular weight is 711 g/mol. The van der Waals surface area contributed by atoms with Crippen LogP contribution in [0.25, 0.3) is 23.3 Å². The molecule has 6 aromatic carbocycles. The van der Waals surface area contributed by atoms with E-state index in [0.717, 1.165) is 0 Å². The molecule has 0 bridgehead atoms. The van der Waals surface area contributed by atoms with Crippen molar-refractivity contribution >= 4 is 26.5 Å². The Kier molecular flexibility index (Phi) is 9.96. The van der Waals surface area contributed by atoms with E-state index in [2.05, 4.69) is 182 Å². The fraction of sp³-hybridized carbons (Fsp3) is 0.0465. The fourth-order valence-electron chi connectivity index (χ4n) is 7.24. The molecular weight excluding hydrogens is 679 g/mol. The number of hydrogen-bond donors (Lipinski definition) is 0. The second-order valence-corrected chi connectivity index (χ2v) is 17.9. The third-order valence-electron chi connectivity index (χ3n) is 9.11. The summed E-state index contributed by atoms with van der Waals surface area (Å²) >= 11 is -2.96. The fourth-order valence-corrected chi connectivity index (χ4v) is 17.8. The summed E-state index contributed by atoms with van der Waals surface area (Å²) in [7, 11) is 0. The topological polar surface area (TPSA) is 0 Å². The van der Waals surface area contributed by atoms with Gasteiger partial charge in [0.15, 0.2) is 0 Å². The maximum absolute atomic E-state index is 2.96. The van der Waals surface area contributed by atoms with Crippen molar-refractivity contribution in [3.63, 3.8) is 0 Å². The molecule has 0 heterocycles. The average Bonchev–Trinajstić information content (AvgIpc) is 3.68. The van der Waals surface area contributed by atoms with Crippen molar-refractivity contribution in [2.45, 2.75) is 7.25 Å². The number of hydrogen-bond acceptors (Lipinski definition) is 0. The normalized spacial score (nSPS) is 15.5. The third-order valence-corrected chi connectivity index (χ3v) is 18.1. The van der Waals surface area contributed by atoms with Gasteiger partial charge in [0.05, 0.1) is 0 Å². The Morgan fingerprint density at radius 2 is 0.696 bits per heavy atom. The molecule has 0 saturated carbocycles. The first-order chi connectivity index (χ1) is 21.9. The van der Waals surface area contributed by atoms with Gasteiger partial charge in [-0.2, -0.15) is 0 Å². The minimum Gasteiger partial charge on any atom is -1.00 e. The van der Waals surface area contributed by atoms with Crippen LogP contribution in [0.5, 0.6) is 0 Å². The van der Waals surface area contributed by atoms with Crippen molar-refractivity contribution in [3.8, 4) is 0 Å². The van der Waals surface area contributed by atoms with E-state index >= 15 is 0 Å². The van der Waals surface area contributed by atoms with Crippen LogP contribution in [0.15, 0.2) is 170 Å². The Morgan fingerprint density at radius 3 is 1.09 bits per heavy atom. The molecule has 46 heavy (non-hydrogen) atoms. The molecule has 8 rings (SSSR count). The molecule has 0 saturated heterocycles. The van der Waals surface area contributed by atoms with Crippen molar-refractivity contribution in [2.24, 2.45) is 0 Å². The molecule has 6 aromatic rings. The minimum atomic E-state index is -2.96. The van der Waals surface area contributed by atoms with Gasteiger partial charge in [0.25, 0.3) is 0 Å². The van der Waals surface area contributed by atoms with Crippen molar-refractivity contribution in [3.05, 3.63) is 214 Å². The van der Waals surface area contributed by atoms with Crippen molar-refractivity contribution in [1.29, 1.82) is 0 Å². The van der Waals surface area contributed by atoms with Crippen LogP contribution in [0.3, 0.4) is 0 Å². The summed E-state index contributed by atoms with van der Waals surface area (Å²) < 4.78 is 2.27. The molecule has 0 N–H and O–H groups in total. The zero-order chi connectivity index (χ0) is 29.3. The summed E-state index contributed by atoms with van der Waals surface area (Å²) in [6.45, 7) is 0. The molecule has 0 fully saturated rings. The van der Waals surface area contributed by atoms with Gasteiger partial charge in [-0.25, -0.2) is 0 Å². The molecule has 2 aliphatic carbocycles. The molecule has 0 nitrogen and oxygen atoms in total. The van der Waals surface area contributed by atoms with Crippen LogP contribution in [-0.4, -0.2) is 3.21 Å². The predicted molar refractivity (Wildman–Crippen MR) is 183 cm³/mol. The van der Waals surface area contributed by atoms with E-state index in [9.17, 15) is 0 Å². The van der Waals surface area contributed by atoms with E-state index in [1.807, 2.05) is 0 Å². The number of fused-ring (bicyclic) bond motifs is 2. The van der Waals surface area contributed by atoms with Crippen LogP contribution in [0, 0.1) is 0 Å². The van der Waals surface area contributed by atoms with Gasteiger partial charge < -0.3 is 24.8 Å². The van der Waals surface area contributed by atoms with Crippen LogP contribution in [0.4, 0.5) is 0 Å². The standard InChI is InChI=1S/2C15H11.C13H10.2ClH.Zr/c2*1-2-6-12(7-3-1)15-10-13-8-4-5-9-14(13)11-15;1-3-7-12(8-4-1)11-13-9-5-2-6-10-13;;;/h2*1-11H;1-10H;2*1H;/q;;;;;+2/p-2. The first-order valence-electron chi connectivity index (χ1n) is 15.4. The Hall–Kier alpha value is -3.87. The molecule has 0 aliphatic heterocycles. The predicted octanol–water partition coefficient (Wildman–Crippen LogP) is 4.47. The van der Waals surface area contributed by atoms with Gasteiger partial charge in [-0.15, -0.1) is 0 Å². The summed E-state index contributed by atoms with van der Waals surface area (Å²) in [5.74, 6) is 0. The summed E-state index contributed by atoms with van der Waals surface area (Å²) in [5, 5.41) is 0. The first kappa shape index (κ1) is 32.1. The zero-order valence-electron chi connectivity index (χ0n) is 25.2. The summed E-state index contributed by atoms with van der Waals surface area (Å²) in [6, 6.07) is 63.2. The van der Waals surface area contributed by atoms with Gasteiger partial charge in [-0.3, -0.25) is 0 Å². The molecule has 0 aromatic heterocycles. The van der Waals surface area contributed by atoms with Gasteiger partial charge in [-0.05, 0) is 0 Å². The molecule has 2 aliphatic rings. The number of halogens is 2. The quantitative estimate of drug-likeness (QED) is 0.240. The maximum atomic E-state index is 2.50. The van der Waals surface area contributed by atoms with Crippen molar-refractivity contribution < 1.29 is 46.1 Å². The second-order valence-electron chi connectivity index (χ2n) is 11.6. The summed E-state index contributed by atoms with van der Waals surface area (Å²) in [6.07, 6.45) is 4.99. The van der Waals surface area contributed by atoms with Crippen LogP contribution in [0.1, 0.15) is 51.8 Å². The molecule has 222 valence electrons. The van der Waals surface area contributed by atoms with E-state index in [1.165, 1.54) is 55.7 Å². The van der Waals surface area contributed by atoms with Gasteiger partial charge in [0.2, 0.25) is 0 Å². The monoisotopic (exact) mass is 708 g/mol. The number of rotatable bonds is 6. The molecule has 3 heteroatoms. The third kappa shape index (κ3) is 5.89. The van der Waals surface area contributed by atoms with E-state index in [-0.39, 0.29) is 24.8 Å². The SMILES string of the molecule is C1=C(c2ccccc2)[CH]([Zr+2](=[C](c2ccccc2)c2ccccc2)[CH]2C(c3ccccc3)=Cc3ccccc32)c2ccccc21.[Cl-].[Cl-]. The van der Waals surface area contributed by atoms with Gasteiger partial charge >= 0.3 is 269 Å². The number of allylic oxidation sites excluding steroid dienone is 2. The van der Waals surface area contributed by atoms with E-state index < -0.39 is 21.3 Å². The Morgan fingerprint density at radius 1 is 0.370 bits per heavy atom. The van der Waals surface area contributed by atoms with Crippen LogP contribution >= 0.6 is 0 Å². The van der Waals surface area contributed by atoms with E-state index in [1.54, 1.807) is 3.21 Å². The maximum Gasteiger partial charge on any atom is -1.00 e. The van der Waals surface area contributed by atoms with Crippen molar-refractivity contribution in [1.82, 2.24) is 0 Å². The molecule has 2 atom stereocenters. The summed E-state index contributed by atoms with van der Waals surface area (Å²) in [4.78, 5) is 0. The number of benzene rings is 6. The smallest absolute Gasteiger partial charge is 1.00 e.